The minimum atomic E-state index is -1.90. The van der Waals surface area contributed by atoms with Crippen LogP contribution < -0.4 is 0 Å². The number of hydrogen-bond donors (Lipinski definition) is 2. The molecule has 24 heavy (non-hydrogen) atoms. The first kappa shape index (κ1) is 22.1. The molecule has 0 aromatic heterocycles. The number of aliphatic hydroxyl groups is 2. The normalized spacial score (nSPS) is 24.1. The van der Waals surface area contributed by atoms with Gasteiger partial charge in [-0.2, -0.15) is 0 Å². The highest BCUT2D eigenvalue weighted by Gasteiger charge is 2.47. The lowest BCUT2D eigenvalue weighted by Crippen LogP contribution is -2.51. The van der Waals surface area contributed by atoms with Gasteiger partial charge < -0.3 is 19.4 Å². The summed E-state index contributed by atoms with van der Waals surface area (Å²) >= 11 is 0. The highest BCUT2D eigenvalue weighted by molar-refractivity contribution is 6.77. The van der Waals surface area contributed by atoms with Crippen molar-refractivity contribution in [3.63, 3.8) is 0 Å². The Labute approximate surface area is 150 Å². The summed E-state index contributed by atoms with van der Waals surface area (Å²) in [5.74, 6) is 0. The Balaban J connectivity index is 2.62. The first-order valence-electron chi connectivity index (χ1n) is 9.86. The van der Waals surface area contributed by atoms with Gasteiger partial charge in [0, 0.05) is 0 Å². The fourth-order valence-corrected chi connectivity index (χ4v) is 9.92. The molecule has 0 amide bonds. The molecule has 0 unspecified atom stereocenters. The van der Waals surface area contributed by atoms with E-state index >= 15 is 0 Å². The van der Waals surface area contributed by atoms with E-state index in [1.807, 2.05) is 0 Å². The number of aliphatic hydroxyl groups excluding tert-OH is 2. The zero-order valence-corrected chi connectivity index (χ0v) is 17.6. The van der Waals surface area contributed by atoms with E-state index in [4.69, 9.17) is 14.3 Å². The summed E-state index contributed by atoms with van der Waals surface area (Å²) in [6.45, 7) is 13.7. The van der Waals surface area contributed by atoms with Gasteiger partial charge in [-0.3, -0.25) is 0 Å². The molecular weight excluding hydrogens is 320 g/mol. The maximum Gasteiger partial charge on any atom is 0.203 e. The predicted molar refractivity (Wildman–Crippen MR) is 102 cm³/mol. The smallest absolute Gasteiger partial charge is 0.203 e. The van der Waals surface area contributed by atoms with Crippen molar-refractivity contribution in [2.24, 2.45) is 0 Å². The lowest BCUT2D eigenvalue weighted by molar-refractivity contribution is -0.157. The molecule has 0 spiro atoms. The van der Waals surface area contributed by atoms with Crippen LogP contribution in [0.1, 0.15) is 80.1 Å². The molecule has 1 aliphatic heterocycles. The predicted octanol–water partition coefficient (Wildman–Crippen LogP) is 4.60. The van der Waals surface area contributed by atoms with Gasteiger partial charge in [-0.1, -0.05) is 41.5 Å². The van der Waals surface area contributed by atoms with Crippen molar-refractivity contribution in [3.05, 3.63) is 0 Å². The molecule has 0 radical (unpaired) electrons. The second kappa shape index (κ2) is 10.3. The Bertz CT molecular complexity index is 324. The molecule has 144 valence electrons. The Morgan fingerprint density at radius 1 is 1.04 bits per heavy atom. The fraction of sp³-hybridized carbons (Fsp3) is 1.00. The van der Waals surface area contributed by atoms with Crippen LogP contribution in [-0.2, 0) is 9.16 Å². The van der Waals surface area contributed by atoms with E-state index in [0.29, 0.717) is 23.0 Å². The van der Waals surface area contributed by atoms with Gasteiger partial charge >= 0.3 is 0 Å². The number of hydrogen-bond acceptors (Lipinski definition) is 4. The van der Waals surface area contributed by atoms with E-state index < -0.39 is 14.4 Å². The summed E-state index contributed by atoms with van der Waals surface area (Å²) in [5, 5.41) is 18.4. The molecular formula is C19H40O4Si. The van der Waals surface area contributed by atoms with Gasteiger partial charge in [0.25, 0.3) is 0 Å². The van der Waals surface area contributed by atoms with E-state index in [2.05, 4.69) is 41.5 Å². The van der Waals surface area contributed by atoms with Crippen LogP contribution in [0, 0.1) is 0 Å². The topological polar surface area (TPSA) is 58.9 Å². The maximum atomic E-state index is 9.47. The van der Waals surface area contributed by atoms with E-state index in [-0.39, 0.29) is 19.0 Å². The molecule has 4 nitrogen and oxygen atoms in total. The first-order chi connectivity index (χ1) is 11.2. The molecule has 1 heterocycles. The standard InChI is InChI=1S/C19H40O4Si/c1-14(2)24(15(3)4,16(5)6)23-19-12-8-11-18(22-19)10-7-9-17(21)13-20/h14-21H,7-13H2,1-6H3/t17-,18-,19+/m0/s1. The van der Waals surface area contributed by atoms with Gasteiger partial charge in [0.05, 0.1) is 18.8 Å². The number of rotatable bonds is 10. The average Bonchev–Trinajstić information content (AvgIpc) is 2.51. The summed E-state index contributed by atoms with van der Waals surface area (Å²) in [5.41, 5.74) is 1.71. The first-order valence-corrected chi connectivity index (χ1v) is 12.0. The molecule has 1 aliphatic rings. The summed E-state index contributed by atoms with van der Waals surface area (Å²) in [6, 6.07) is 0. The van der Waals surface area contributed by atoms with Crippen LogP contribution >= 0.6 is 0 Å². The second-order valence-corrected chi connectivity index (χ2v) is 13.7. The van der Waals surface area contributed by atoms with Crippen molar-refractivity contribution in [3.8, 4) is 0 Å². The third-order valence-electron chi connectivity index (χ3n) is 5.63. The Kier molecular flexibility index (Phi) is 9.45. The van der Waals surface area contributed by atoms with Crippen LogP contribution in [0.5, 0.6) is 0 Å². The van der Waals surface area contributed by atoms with Crippen molar-refractivity contribution < 1.29 is 19.4 Å². The van der Waals surface area contributed by atoms with Gasteiger partial charge in [-0.05, 0) is 55.1 Å². The SMILES string of the molecule is CC(C)[Si](O[C@@H]1CCC[C@H](CCC[C@H](O)CO)O1)(C(C)C)C(C)C. The second-order valence-electron chi connectivity index (χ2n) is 8.32. The van der Waals surface area contributed by atoms with E-state index in [1.54, 1.807) is 0 Å². The van der Waals surface area contributed by atoms with Gasteiger partial charge in [0.2, 0.25) is 8.32 Å². The van der Waals surface area contributed by atoms with Crippen LogP contribution in [0.2, 0.25) is 16.6 Å². The zero-order chi connectivity index (χ0) is 18.3. The van der Waals surface area contributed by atoms with Crippen molar-refractivity contribution in [2.75, 3.05) is 6.61 Å². The quantitative estimate of drug-likeness (QED) is 0.559. The molecule has 0 bridgehead atoms. The van der Waals surface area contributed by atoms with E-state index in [0.717, 1.165) is 32.1 Å². The minimum Gasteiger partial charge on any atom is -0.394 e. The molecule has 0 aliphatic carbocycles. The Morgan fingerprint density at radius 3 is 2.12 bits per heavy atom. The third-order valence-corrected chi connectivity index (χ3v) is 11.7. The van der Waals surface area contributed by atoms with Crippen LogP contribution in [0.4, 0.5) is 0 Å². The monoisotopic (exact) mass is 360 g/mol. The summed E-state index contributed by atoms with van der Waals surface area (Å²) < 4.78 is 13.0. The Hall–Kier alpha value is 0.0569. The van der Waals surface area contributed by atoms with Crippen molar-refractivity contribution in [2.45, 2.75) is 115 Å². The van der Waals surface area contributed by atoms with Gasteiger partial charge in [0.1, 0.15) is 6.29 Å². The van der Waals surface area contributed by atoms with Gasteiger partial charge in [-0.15, -0.1) is 0 Å². The van der Waals surface area contributed by atoms with E-state index in [1.165, 1.54) is 0 Å². The summed E-state index contributed by atoms with van der Waals surface area (Å²) in [4.78, 5) is 0. The molecule has 1 rings (SSSR count). The van der Waals surface area contributed by atoms with Crippen LogP contribution in [0.3, 0.4) is 0 Å². The lowest BCUT2D eigenvalue weighted by atomic mass is 10.0. The molecule has 0 aromatic carbocycles. The molecule has 3 atom stereocenters. The molecule has 1 fully saturated rings. The fourth-order valence-electron chi connectivity index (χ4n) is 4.47. The van der Waals surface area contributed by atoms with Crippen LogP contribution in [0.15, 0.2) is 0 Å². The van der Waals surface area contributed by atoms with E-state index in [9.17, 15) is 5.11 Å². The third kappa shape index (κ3) is 5.80. The van der Waals surface area contributed by atoms with Crippen molar-refractivity contribution in [1.29, 1.82) is 0 Å². The Morgan fingerprint density at radius 2 is 1.62 bits per heavy atom. The molecule has 5 heteroatoms. The molecule has 1 saturated heterocycles. The maximum absolute atomic E-state index is 9.47. The highest BCUT2D eigenvalue weighted by atomic mass is 28.4. The summed E-state index contributed by atoms with van der Waals surface area (Å²) in [6.07, 6.45) is 5.27. The molecule has 0 aromatic rings. The number of ether oxygens (including phenoxy) is 1. The van der Waals surface area contributed by atoms with Crippen LogP contribution in [0.25, 0.3) is 0 Å². The largest absolute Gasteiger partial charge is 0.394 e. The van der Waals surface area contributed by atoms with Crippen LogP contribution in [-0.4, -0.2) is 43.6 Å². The van der Waals surface area contributed by atoms with Gasteiger partial charge in [-0.25, -0.2) is 0 Å². The minimum absolute atomic E-state index is 0.0645. The van der Waals surface area contributed by atoms with Crippen molar-refractivity contribution >= 4 is 8.32 Å². The van der Waals surface area contributed by atoms with Gasteiger partial charge in [0.15, 0.2) is 0 Å². The molecule has 2 N–H and O–H groups in total. The highest BCUT2D eigenvalue weighted by Crippen LogP contribution is 2.44. The average molecular weight is 361 g/mol. The summed E-state index contributed by atoms with van der Waals surface area (Å²) in [7, 11) is -1.90. The van der Waals surface area contributed by atoms with Crippen molar-refractivity contribution in [1.82, 2.24) is 0 Å². The zero-order valence-electron chi connectivity index (χ0n) is 16.6. The molecule has 0 saturated carbocycles. The lowest BCUT2D eigenvalue weighted by Gasteiger charge is -2.46.